The van der Waals surface area contributed by atoms with E-state index in [1.54, 1.807) is 0 Å². The first kappa shape index (κ1) is 27.5. The summed E-state index contributed by atoms with van der Waals surface area (Å²) in [6, 6.07) is 40.0. The summed E-state index contributed by atoms with van der Waals surface area (Å²) in [6.45, 7) is 0. The van der Waals surface area contributed by atoms with Crippen LogP contribution in [0.4, 0.5) is 0 Å². The Balaban J connectivity index is 1.33. The second-order valence-corrected chi connectivity index (χ2v) is 15.6. The highest BCUT2D eigenvalue weighted by atomic mass is 31.1. The molecule has 0 heterocycles. The van der Waals surface area contributed by atoms with Gasteiger partial charge in [-0.15, -0.1) is 0 Å². The van der Waals surface area contributed by atoms with Crippen LogP contribution in [0, 0.1) is 0 Å². The van der Waals surface area contributed by atoms with Crippen LogP contribution < -0.4 is 30.7 Å². The van der Waals surface area contributed by atoms with Crippen LogP contribution >= 0.6 is 15.8 Å². The van der Waals surface area contributed by atoms with E-state index in [0.29, 0.717) is 12.2 Å². The van der Waals surface area contributed by atoms with E-state index in [0.717, 1.165) is 23.8 Å². The normalized spacial score (nSPS) is 17.5. The average molecular weight is 567 g/mol. The van der Waals surface area contributed by atoms with Gasteiger partial charge in [-0.2, -0.15) is 0 Å². The van der Waals surface area contributed by atoms with E-state index >= 15 is 0 Å². The first-order valence-corrected chi connectivity index (χ1v) is 18.1. The topological polar surface area (TPSA) is 18.5 Å². The number of rotatable bonds is 11. The highest BCUT2D eigenvalue weighted by molar-refractivity contribution is 7.76. The van der Waals surface area contributed by atoms with Gasteiger partial charge in [0.05, 0.1) is 12.2 Å². The van der Waals surface area contributed by atoms with Gasteiger partial charge in [0.15, 0.2) is 0 Å². The van der Waals surface area contributed by atoms with Crippen molar-refractivity contribution in [3.8, 4) is 11.5 Å². The molecule has 40 heavy (non-hydrogen) atoms. The minimum atomic E-state index is -0.577. The van der Waals surface area contributed by atoms with Gasteiger partial charge >= 0.3 is 0 Å². The Morgan fingerprint density at radius 1 is 0.450 bits per heavy atom. The molecular weight excluding hydrogens is 526 g/mol. The summed E-state index contributed by atoms with van der Waals surface area (Å²) in [5.74, 6) is 2.19. The van der Waals surface area contributed by atoms with E-state index in [4.69, 9.17) is 9.47 Å². The van der Waals surface area contributed by atoms with E-state index in [1.165, 1.54) is 72.6 Å². The number of ether oxygens (including phenoxy) is 2. The Labute approximate surface area is 242 Å². The first-order valence-electron chi connectivity index (χ1n) is 15.0. The molecule has 0 bridgehead atoms. The van der Waals surface area contributed by atoms with Gasteiger partial charge in [0, 0.05) is 10.6 Å². The van der Waals surface area contributed by atoms with E-state index < -0.39 is 15.8 Å². The highest BCUT2D eigenvalue weighted by Crippen LogP contribution is 2.45. The van der Waals surface area contributed by atoms with E-state index in [2.05, 4.69) is 109 Å². The number of benzene rings is 4. The zero-order valence-electron chi connectivity index (χ0n) is 23.3. The fourth-order valence-corrected chi connectivity index (χ4v) is 11.7. The minimum Gasteiger partial charge on any atom is -0.490 e. The largest absolute Gasteiger partial charge is 0.490 e. The Morgan fingerprint density at radius 2 is 0.800 bits per heavy atom. The third kappa shape index (κ3) is 6.79. The fourth-order valence-electron chi connectivity index (χ4n) is 6.12. The number of hydrogen-bond acceptors (Lipinski definition) is 2. The average Bonchev–Trinajstić information content (AvgIpc) is 3.72. The summed E-state index contributed by atoms with van der Waals surface area (Å²) in [6.07, 6.45) is 12.8. The molecule has 0 N–H and O–H groups in total. The van der Waals surface area contributed by atoms with Crippen molar-refractivity contribution in [1.82, 2.24) is 0 Å². The van der Waals surface area contributed by atoms with Gasteiger partial charge in [-0.05, 0) is 102 Å². The van der Waals surface area contributed by atoms with Gasteiger partial charge in [0.25, 0.3) is 0 Å². The first-order chi connectivity index (χ1) is 19.8. The predicted molar refractivity (Wildman–Crippen MR) is 174 cm³/mol. The number of para-hydroxylation sites is 2. The van der Waals surface area contributed by atoms with Crippen molar-refractivity contribution in [2.75, 3.05) is 12.3 Å². The van der Waals surface area contributed by atoms with Crippen LogP contribution in [0.15, 0.2) is 109 Å². The molecule has 2 aliphatic carbocycles. The third-order valence-electron chi connectivity index (χ3n) is 8.19. The molecule has 0 aliphatic heterocycles. The SMILES string of the molecule is c1ccc(P(CCP(c2ccccc2)c2ccccc2OC2CCCC2)c2ccccc2OC2CCCC2)cc1. The van der Waals surface area contributed by atoms with Crippen LogP contribution in [0.1, 0.15) is 51.4 Å². The summed E-state index contributed by atoms with van der Waals surface area (Å²) < 4.78 is 13.4. The van der Waals surface area contributed by atoms with Gasteiger partial charge in [0.1, 0.15) is 11.5 Å². The summed E-state index contributed by atoms with van der Waals surface area (Å²) in [5, 5.41) is 5.63. The van der Waals surface area contributed by atoms with Crippen molar-refractivity contribution in [3.05, 3.63) is 109 Å². The molecule has 0 saturated heterocycles. The molecule has 0 spiro atoms. The lowest BCUT2D eigenvalue weighted by molar-refractivity contribution is 0.211. The monoisotopic (exact) mass is 566 g/mol. The molecule has 6 rings (SSSR count). The molecule has 4 heteroatoms. The molecule has 0 aromatic heterocycles. The van der Waals surface area contributed by atoms with Crippen LogP contribution in [0.3, 0.4) is 0 Å². The van der Waals surface area contributed by atoms with Crippen molar-refractivity contribution in [2.45, 2.75) is 63.6 Å². The maximum atomic E-state index is 6.68. The van der Waals surface area contributed by atoms with Crippen molar-refractivity contribution in [2.24, 2.45) is 0 Å². The lowest BCUT2D eigenvalue weighted by Crippen LogP contribution is -2.24. The Hall–Kier alpha value is -2.66. The molecule has 0 amide bonds. The molecule has 206 valence electrons. The summed E-state index contributed by atoms with van der Waals surface area (Å²) in [7, 11) is -1.15. The minimum absolute atomic E-state index is 0.356. The molecule has 2 unspecified atom stereocenters. The number of hydrogen-bond donors (Lipinski definition) is 0. The van der Waals surface area contributed by atoms with Crippen LogP contribution in [0.25, 0.3) is 0 Å². The molecule has 4 aromatic carbocycles. The van der Waals surface area contributed by atoms with Crippen molar-refractivity contribution in [3.63, 3.8) is 0 Å². The summed E-state index contributed by atoms with van der Waals surface area (Å²) in [5.41, 5.74) is 0. The van der Waals surface area contributed by atoms with Gasteiger partial charge in [-0.25, -0.2) is 0 Å². The van der Waals surface area contributed by atoms with Gasteiger partial charge in [0.2, 0.25) is 0 Å². The van der Waals surface area contributed by atoms with E-state index in [1.807, 2.05) is 0 Å². The third-order valence-corrected chi connectivity index (χ3v) is 13.6. The summed E-state index contributed by atoms with van der Waals surface area (Å²) in [4.78, 5) is 0. The Morgan fingerprint density at radius 3 is 1.20 bits per heavy atom. The van der Waals surface area contributed by atoms with Gasteiger partial charge in [-0.3, -0.25) is 0 Å². The standard InChI is InChI=1S/C36H40O2P2/c1-3-19-31(20-4-1)39(35-25-13-11-23-33(35)37-29-15-7-8-16-29)27-28-40(32-21-5-2-6-22-32)36-26-14-12-24-34(36)38-30-17-9-10-18-30/h1-6,11-14,19-26,29-30H,7-10,15-18,27-28H2. The quantitative estimate of drug-likeness (QED) is 0.172. The molecule has 2 atom stereocenters. The predicted octanol–water partition coefficient (Wildman–Crippen LogP) is 7.90. The molecule has 2 saturated carbocycles. The lowest BCUT2D eigenvalue weighted by atomic mass is 10.3. The fraction of sp³-hybridized carbons (Fsp3) is 0.333. The molecule has 2 nitrogen and oxygen atoms in total. The van der Waals surface area contributed by atoms with E-state index in [9.17, 15) is 0 Å². The molecular formula is C36H40O2P2. The van der Waals surface area contributed by atoms with Crippen LogP contribution in [0.2, 0.25) is 0 Å². The highest BCUT2D eigenvalue weighted by Gasteiger charge is 2.26. The smallest absolute Gasteiger partial charge is 0.127 e. The molecule has 4 aromatic rings. The van der Waals surface area contributed by atoms with Gasteiger partial charge < -0.3 is 9.47 Å². The van der Waals surface area contributed by atoms with Crippen molar-refractivity contribution >= 4 is 37.1 Å². The van der Waals surface area contributed by atoms with Crippen LogP contribution in [0.5, 0.6) is 11.5 Å². The van der Waals surface area contributed by atoms with E-state index in [-0.39, 0.29) is 0 Å². The maximum Gasteiger partial charge on any atom is 0.127 e. The molecule has 2 aliphatic rings. The lowest BCUT2D eigenvalue weighted by Gasteiger charge is -2.27. The summed E-state index contributed by atoms with van der Waals surface area (Å²) >= 11 is 0. The zero-order chi connectivity index (χ0) is 27.0. The zero-order valence-corrected chi connectivity index (χ0v) is 25.1. The second kappa shape index (κ2) is 13.8. The Kier molecular flexibility index (Phi) is 9.49. The van der Waals surface area contributed by atoms with Crippen LogP contribution in [-0.2, 0) is 0 Å². The van der Waals surface area contributed by atoms with Crippen LogP contribution in [-0.4, -0.2) is 24.5 Å². The Bertz CT molecular complexity index is 1230. The van der Waals surface area contributed by atoms with Crippen molar-refractivity contribution in [1.29, 1.82) is 0 Å². The van der Waals surface area contributed by atoms with Gasteiger partial charge in [-0.1, -0.05) is 97.1 Å². The van der Waals surface area contributed by atoms with Crippen molar-refractivity contribution < 1.29 is 9.47 Å². The maximum absolute atomic E-state index is 6.68. The molecule has 2 fully saturated rings. The second-order valence-electron chi connectivity index (χ2n) is 11.0. The molecule has 0 radical (unpaired) electrons.